The number of hydrogen-bond donors (Lipinski definition) is 1. The molecular formula is C18H14N6O2. The highest BCUT2D eigenvalue weighted by Gasteiger charge is 2.34. The third-order valence-electron chi connectivity index (χ3n) is 4.71. The van der Waals surface area contributed by atoms with Crippen molar-refractivity contribution in [2.75, 3.05) is 5.32 Å². The number of nitrogens with one attached hydrogen (secondary N) is 1. The van der Waals surface area contributed by atoms with Crippen molar-refractivity contribution in [2.45, 2.75) is 12.3 Å². The summed E-state index contributed by atoms with van der Waals surface area (Å²) in [6.07, 6.45) is 3.80. The molecule has 0 saturated carbocycles. The minimum Gasteiger partial charge on any atom is -0.311 e. The van der Waals surface area contributed by atoms with Gasteiger partial charge < -0.3 is 5.32 Å². The maximum absolute atomic E-state index is 12.4. The van der Waals surface area contributed by atoms with E-state index in [0.717, 1.165) is 22.4 Å². The van der Waals surface area contributed by atoms with Crippen molar-refractivity contribution in [3.63, 3.8) is 0 Å². The summed E-state index contributed by atoms with van der Waals surface area (Å²) in [5, 5.41) is 15.5. The number of aromatic nitrogens is 5. The lowest BCUT2D eigenvalue weighted by molar-refractivity contribution is -0.116. The molecular weight excluding hydrogens is 332 g/mol. The second-order valence-electron chi connectivity index (χ2n) is 6.26. The summed E-state index contributed by atoms with van der Waals surface area (Å²) in [6, 6.07) is 9.52. The first-order valence-corrected chi connectivity index (χ1v) is 8.20. The zero-order valence-corrected chi connectivity index (χ0v) is 13.9. The van der Waals surface area contributed by atoms with Gasteiger partial charge in [0.25, 0.3) is 0 Å². The maximum atomic E-state index is 12.4. The smallest absolute Gasteiger partial charge is 0.226 e. The van der Waals surface area contributed by atoms with Crippen LogP contribution in [0.4, 0.5) is 5.82 Å². The lowest BCUT2D eigenvalue weighted by atomic mass is 9.84. The van der Waals surface area contributed by atoms with Crippen molar-refractivity contribution in [1.82, 2.24) is 25.1 Å². The topological polar surface area (TPSA) is 98.7 Å². The Labute approximate surface area is 147 Å². The predicted octanol–water partition coefficient (Wildman–Crippen LogP) is 2.49. The fraction of sp³-hybridized carbons (Fsp3) is 0.167. The molecule has 3 aromatic heterocycles. The van der Waals surface area contributed by atoms with Crippen molar-refractivity contribution in [2.24, 2.45) is 7.05 Å². The molecule has 26 heavy (non-hydrogen) atoms. The first-order chi connectivity index (χ1) is 12.7. The first kappa shape index (κ1) is 14.8. The van der Waals surface area contributed by atoms with Gasteiger partial charge in [0, 0.05) is 42.9 Å². The molecule has 0 radical (unpaired) electrons. The van der Waals surface area contributed by atoms with Gasteiger partial charge in [0.1, 0.15) is 16.9 Å². The summed E-state index contributed by atoms with van der Waals surface area (Å²) in [7, 11) is 1.82. The van der Waals surface area contributed by atoms with Crippen LogP contribution in [0.5, 0.6) is 0 Å². The third-order valence-corrected chi connectivity index (χ3v) is 4.71. The molecule has 1 N–H and O–H groups in total. The number of nitrogens with zero attached hydrogens (tertiary/aromatic N) is 5. The molecule has 5 rings (SSSR count). The molecule has 1 amide bonds. The van der Waals surface area contributed by atoms with E-state index >= 15 is 0 Å². The molecule has 0 spiro atoms. The van der Waals surface area contributed by atoms with Gasteiger partial charge in [0.15, 0.2) is 0 Å². The Kier molecular flexibility index (Phi) is 3.11. The number of fused-ring (bicyclic) bond motifs is 2. The normalized spacial score (nSPS) is 16.5. The van der Waals surface area contributed by atoms with E-state index in [0.29, 0.717) is 23.3 Å². The van der Waals surface area contributed by atoms with Crippen LogP contribution in [-0.4, -0.2) is 31.0 Å². The average Bonchev–Trinajstić information content (AvgIpc) is 3.27. The van der Waals surface area contributed by atoms with E-state index < -0.39 is 0 Å². The molecule has 1 aliphatic rings. The number of benzene rings is 1. The lowest BCUT2D eigenvalue weighted by Crippen LogP contribution is -2.24. The van der Waals surface area contributed by atoms with Crippen molar-refractivity contribution < 1.29 is 9.42 Å². The number of amides is 1. The highest BCUT2D eigenvalue weighted by Crippen LogP contribution is 2.43. The van der Waals surface area contributed by atoms with E-state index in [2.05, 4.69) is 25.7 Å². The molecule has 0 aliphatic carbocycles. The van der Waals surface area contributed by atoms with Gasteiger partial charge in [0.2, 0.25) is 5.91 Å². The minimum atomic E-state index is -0.196. The highest BCUT2D eigenvalue weighted by molar-refractivity contribution is 5.97. The summed E-state index contributed by atoms with van der Waals surface area (Å²) in [4.78, 5) is 16.6. The van der Waals surface area contributed by atoms with Gasteiger partial charge in [-0.15, -0.1) is 0 Å². The van der Waals surface area contributed by atoms with Crippen LogP contribution in [0, 0.1) is 0 Å². The zero-order chi connectivity index (χ0) is 17.7. The van der Waals surface area contributed by atoms with Crippen molar-refractivity contribution >= 4 is 22.8 Å². The Morgan fingerprint density at radius 3 is 3.00 bits per heavy atom. The van der Waals surface area contributed by atoms with E-state index in [1.165, 1.54) is 0 Å². The van der Waals surface area contributed by atoms with Crippen molar-refractivity contribution in [1.29, 1.82) is 0 Å². The second kappa shape index (κ2) is 5.48. The Bertz CT molecular complexity index is 1130. The molecule has 128 valence electrons. The molecule has 4 heterocycles. The highest BCUT2D eigenvalue weighted by atomic mass is 16.6. The monoisotopic (exact) mass is 346 g/mol. The predicted molar refractivity (Wildman–Crippen MR) is 93.3 cm³/mol. The summed E-state index contributed by atoms with van der Waals surface area (Å²) in [5.74, 6) is 0.438. The number of rotatable bonds is 2. The Morgan fingerprint density at radius 1 is 1.23 bits per heavy atom. The molecule has 1 aromatic carbocycles. The fourth-order valence-corrected chi connectivity index (χ4v) is 3.58. The molecule has 8 nitrogen and oxygen atoms in total. The van der Waals surface area contributed by atoms with Crippen LogP contribution >= 0.6 is 0 Å². The van der Waals surface area contributed by atoms with Crippen LogP contribution in [0.25, 0.3) is 22.3 Å². The van der Waals surface area contributed by atoms with Crippen LogP contribution < -0.4 is 5.32 Å². The van der Waals surface area contributed by atoms with Gasteiger partial charge >= 0.3 is 0 Å². The first-order valence-electron chi connectivity index (χ1n) is 8.20. The van der Waals surface area contributed by atoms with Gasteiger partial charge in [-0.05, 0) is 34.1 Å². The van der Waals surface area contributed by atoms with Crippen LogP contribution in [0.3, 0.4) is 0 Å². The summed E-state index contributed by atoms with van der Waals surface area (Å²) >= 11 is 0. The third kappa shape index (κ3) is 2.12. The standard InChI is InChI=1S/C18H14N6O2/c1-24-18-15(16(21-24)10-4-3-7-19-9-10)12(8-14(25)20-18)11-5-2-6-13-17(11)23-26-22-13/h2-7,9,12H,8H2,1H3,(H,20,25). The van der Waals surface area contributed by atoms with E-state index in [-0.39, 0.29) is 11.8 Å². The Balaban J connectivity index is 1.78. The van der Waals surface area contributed by atoms with Crippen LogP contribution in [-0.2, 0) is 11.8 Å². The average molecular weight is 346 g/mol. The number of anilines is 1. The van der Waals surface area contributed by atoms with Crippen LogP contribution in [0.2, 0.25) is 0 Å². The van der Waals surface area contributed by atoms with E-state index in [4.69, 9.17) is 4.63 Å². The molecule has 0 fully saturated rings. The largest absolute Gasteiger partial charge is 0.311 e. The SMILES string of the molecule is Cn1nc(-c2cccnc2)c2c1NC(=O)CC2c1cccc2nonc12. The fourth-order valence-electron chi connectivity index (χ4n) is 3.58. The molecule has 0 saturated heterocycles. The van der Waals surface area contributed by atoms with Crippen LogP contribution in [0.15, 0.2) is 47.4 Å². The number of hydrogen-bond acceptors (Lipinski definition) is 6. The number of aryl methyl sites for hydroxylation is 1. The molecule has 1 atom stereocenters. The molecule has 4 aromatic rings. The second-order valence-corrected chi connectivity index (χ2v) is 6.26. The maximum Gasteiger partial charge on any atom is 0.226 e. The molecule has 1 unspecified atom stereocenters. The Morgan fingerprint density at radius 2 is 2.15 bits per heavy atom. The molecule has 1 aliphatic heterocycles. The summed E-state index contributed by atoms with van der Waals surface area (Å²) in [5.41, 5.74) is 4.89. The Hall–Kier alpha value is -3.55. The molecule has 8 heteroatoms. The van der Waals surface area contributed by atoms with Crippen molar-refractivity contribution in [3.8, 4) is 11.3 Å². The van der Waals surface area contributed by atoms with Gasteiger partial charge in [0.05, 0.1) is 5.69 Å². The van der Waals surface area contributed by atoms with Gasteiger partial charge in [-0.3, -0.25) is 14.5 Å². The van der Waals surface area contributed by atoms with E-state index in [1.807, 2.05) is 37.4 Å². The van der Waals surface area contributed by atoms with Crippen molar-refractivity contribution in [3.05, 3.63) is 53.9 Å². The van der Waals surface area contributed by atoms with Gasteiger partial charge in [-0.2, -0.15) is 5.10 Å². The van der Waals surface area contributed by atoms with E-state index in [1.54, 1.807) is 17.1 Å². The number of pyridine rings is 1. The van der Waals surface area contributed by atoms with Gasteiger partial charge in [-0.1, -0.05) is 12.1 Å². The van der Waals surface area contributed by atoms with Gasteiger partial charge in [-0.25, -0.2) is 4.63 Å². The molecule has 0 bridgehead atoms. The summed E-state index contributed by atoms with van der Waals surface area (Å²) in [6.45, 7) is 0. The number of carbonyl (C=O) groups excluding carboxylic acids is 1. The number of carbonyl (C=O) groups is 1. The van der Waals surface area contributed by atoms with E-state index in [9.17, 15) is 4.79 Å². The quantitative estimate of drug-likeness (QED) is 0.599. The minimum absolute atomic E-state index is 0.0586. The lowest BCUT2D eigenvalue weighted by Gasteiger charge is -2.24. The van der Waals surface area contributed by atoms with Crippen LogP contribution in [0.1, 0.15) is 23.5 Å². The zero-order valence-electron chi connectivity index (χ0n) is 13.9. The summed E-state index contributed by atoms with van der Waals surface area (Å²) < 4.78 is 6.60.